The van der Waals surface area contributed by atoms with E-state index in [4.69, 9.17) is 0 Å². The van der Waals surface area contributed by atoms with Gasteiger partial charge in [-0.2, -0.15) is 13.2 Å². The van der Waals surface area contributed by atoms with E-state index >= 15 is 0 Å². The van der Waals surface area contributed by atoms with Gasteiger partial charge in [0.05, 0.1) is 0 Å². The Balaban J connectivity index is 2.00. The molecule has 1 aliphatic rings. The summed E-state index contributed by atoms with van der Waals surface area (Å²) in [5.74, 6) is 0.00782. The first-order valence-electron chi connectivity index (χ1n) is 7.43. The molecule has 1 aromatic rings. The van der Waals surface area contributed by atoms with Gasteiger partial charge >= 0.3 is 6.18 Å². The minimum absolute atomic E-state index is 0.197. The molecule has 0 radical (unpaired) electrons. The first kappa shape index (κ1) is 15.9. The molecule has 0 amide bonds. The molecule has 0 atom stereocenters. The highest BCUT2D eigenvalue weighted by Gasteiger charge is 2.35. The highest BCUT2D eigenvalue weighted by molar-refractivity contribution is 5.47. The number of hydrogen-bond donors (Lipinski definition) is 2. The van der Waals surface area contributed by atoms with Crippen molar-refractivity contribution in [3.8, 4) is 0 Å². The lowest BCUT2D eigenvalue weighted by Gasteiger charge is -2.13. The lowest BCUT2D eigenvalue weighted by atomic mass is 10.0. The maximum Gasteiger partial charge on any atom is 0.451 e. The van der Waals surface area contributed by atoms with Gasteiger partial charge in [-0.05, 0) is 19.3 Å². The highest BCUT2D eigenvalue weighted by Crippen LogP contribution is 2.29. The normalized spacial score (nSPS) is 16.2. The Kier molecular flexibility index (Phi) is 5.25. The van der Waals surface area contributed by atoms with Crippen molar-refractivity contribution in [1.29, 1.82) is 0 Å². The number of rotatable bonds is 6. The zero-order valence-corrected chi connectivity index (χ0v) is 12.1. The summed E-state index contributed by atoms with van der Waals surface area (Å²) in [5, 5.41) is 5.79. The van der Waals surface area contributed by atoms with E-state index in [0.29, 0.717) is 19.0 Å². The van der Waals surface area contributed by atoms with Crippen molar-refractivity contribution < 1.29 is 13.2 Å². The molecule has 1 saturated carbocycles. The van der Waals surface area contributed by atoms with Crippen LogP contribution < -0.4 is 10.6 Å². The summed E-state index contributed by atoms with van der Waals surface area (Å²) < 4.78 is 38.3. The minimum atomic E-state index is -4.53. The van der Waals surface area contributed by atoms with E-state index in [1.165, 1.54) is 31.7 Å². The van der Waals surface area contributed by atoms with E-state index in [0.717, 1.165) is 6.42 Å². The molecule has 2 rings (SSSR count). The van der Waals surface area contributed by atoms with E-state index in [-0.39, 0.29) is 11.6 Å². The molecule has 21 heavy (non-hydrogen) atoms. The lowest BCUT2D eigenvalue weighted by molar-refractivity contribution is -0.144. The number of halogens is 3. The average Bonchev–Trinajstić information content (AvgIpc) is 2.91. The quantitative estimate of drug-likeness (QED) is 0.836. The molecule has 7 heteroatoms. The lowest BCUT2D eigenvalue weighted by Crippen LogP contribution is -2.16. The zero-order chi connectivity index (χ0) is 15.3. The molecule has 1 heterocycles. The van der Waals surface area contributed by atoms with Crippen molar-refractivity contribution in [3.63, 3.8) is 0 Å². The highest BCUT2D eigenvalue weighted by atomic mass is 19.4. The maximum atomic E-state index is 12.8. The third kappa shape index (κ3) is 4.75. The van der Waals surface area contributed by atoms with Crippen LogP contribution in [0.5, 0.6) is 0 Å². The minimum Gasteiger partial charge on any atom is -0.370 e. The smallest absolute Gasteiger partial charge is 0.370 e. The molecule has 1 aromatic heterocycles. The van der Waals surface area contributed by atoms with Gasteiger partial charge in [-0.15, -0.1) is 0 Å². The van der Waals surface area contributed by atoms with Crippen molar-refractivity contribution in [2.75, 3.05) is 23.7 Å². The molecule has 2 N–H and O–H groups in total. The summed E-state index contributed by atoms with van der Waals surface area (Å²) in [6.45, 7) is 2.96. The Bertz CT molecular complexity index is 456. The number of hydrogen-bond acceptors (Lipinski definition) is 4. The second-order valence-electron chi connectivity index (χ2n) is 5.36. The van der Waals surface area contributed by atoms with Crippen LogP contribution in [0.4, 0.5) is 24.8 Å². The first-order valence-corrected chi connectivity index (χ1v) is 7.43. The molecule has 0 bridgehead atoms. The van der Waals surface area contributed by atoms with Crippen molar-refractivity contribution >= 4 is 11.6 Å². The summed E-state index contributed by atoms with van der Waals surface area (Å²) >= 11 is 0. The van der Waals surface area contributed by atoms with E-state index in [9.17, 15) is 13.2 Å². The van der Waals surface area contributed by atoms with Crippen LogP contribution in [0.25, 0.3) is 0 Å². The van der Waals surface area contributed by atoms with Crippen LogP contribution >= 0.6 is 0 Å². The van der Waals surface area contributed by atoms with E-state index in [2.05, 4.69) is 20.6 Å². The van der Waals surface area contributed by atoms with Crippen molar-refractivity contribution in [1.82, 2.24) is 9.97 Å². The number of alkyl halides is 3. The molecule has 1 aliphatic carbocycles. The third-order valence-electron chi connectivity index (χ3n) is 3.67. The van der Waals surface area contributed by atoms with Gasteiger partial charge in [-0.1, -0.05) is 25.7 Å². The van der Waals surface area contributed by atoms with Gasteiger partial charge in [0.1, 0.15) is 11.6 Å². The van der Waals surface area contributed by atoms with Crippen molar-refractivity contribution in [3.05, 3.63) is 11.9 Å². The predicted molar refractivity (Wildman–Crippen MR) is 76.3 cm³/mol. The van der Waals surface area contributed by atoms with Crippen LogP contribution in [-0.4, -0.2) is 23.1 Å². The van der Waals surface area contributed by atoms with Crippen LogP contribution in [0, 0.1) is 5.92 Å². The SMILES string of the molecule is CCNc1cc(NCCC2CCCC2)nc(C(F)(F)F)n1. The second kappa shape index (κ2) is 6.95. The topological polar surface area (TPSA) is 49.8 Å². The molecular weight excluding hydrogens is 281 g/mol. The molecule has 0 saturated heterocycles. The monoisotopic (exact) mass is 302 g/mol. The molecule has 0 aliphatic heterocycles. The predicted octanol–water partition coefficient (Wildman–Crippen LogP) is 3.92. The summed E-state index contributed by atoms with van der Waals surface area (Å²) in [5.41, 5.74) is 0. The van der Waals surface area contributed by atoms with Crippen LogP contribution in [-0.2, 0) is 6.18 Å². The van der Waals surface area contributed by atoms with E-state index < -0.39 is 12.0 Å². The average molecular weight is 302 g/mol. The largest absolute Gasteiger partial charge is 0.451 e. The van der Waals surface area contributed by atoms with Gasteiger partial charge in [-0.3, -0.25) is 0 Å². The summed E-state index contributed by atoms with van der Waals surface area (Å²) in [6, 6.07) is 1.52. The van der Waals surface area contributed by atoms with Crippen LogP contribution in [0.15, 0.2) is 6.07 Å². The fraction of sp³-hybridized carbons (Fsp3) is 0.714. The van der Waals surface area contributed by atoms with Gasteiger partial charge in [0.15, 0.2) is 0 Å². The Morgan fingerprint density at radius 2 is 1.76 bits per heavy atom. The van der Waals surface area contributed by atoms with Gasteiger partial charge in [0, 0.05) is 19.2 Å². The first-order chi connectivity index (χ1) is 9.99. The molecule has 0 spiro atoms. The zero-order valence-electron chi connectivity index (χ0n) is 12.1. The standard InChI is InChI=1S/C14H21F3N4/c1-2-18-11-9-12(21-13(20-11)14(15,16)17)19-8-7-10-5-3-4-6-10/h9-10H,2-8H2,1H3,(H2,18,19,20,21). The molecule has 1 fully saturated rings. The second-order valence-corrected chi connectivity index (χ2v) is 5.36. The van der Waals surface area contributed by atoms with Crippen LogP contribution in [0.2, 0.25) is 0 Å². The molecule has 0 aromatic carbocycles. The summed E-state index contributed by atoms with van der Waals surface area (Å²) in [7, 11) is 0. The van der Waals surface area contributed by atoms with Gasteiger partial charge in [-0.25, -0.2) is 9.97 Å². The van der Waals surface area contributed by atoms with E-state index in [1.807, 2.05) is 6.92 Å². The van der Waals surface area contributed by atoms with Crippen LogP contribution in [0.1, 0.15) is 44.9 Å². The van der Waals surface area contributed by atoms with Crippen molar-refractivity contribution in [2.45, 2.75) is 45.2 Å². The molecule has 118 valence electrons. The molecule has 4 nitrogen and oxygen atoms in total. The molecular formula is C14H21F3N4. The van der Waals surface area contributed by atoms with Gasteiger partial charge < -0.3 is 10.6 Å². The Labute approximate surface area is 122 Å². The fourth-order valence-electron chi connectivity index (χ4n) is 2.64. The summed E-state index contributed by atoms with van der Waals surface area (Å²) in [6.07, 6.45) is 1.42. The van der Waals surface area contributed by atoms with E-state index in [1.54, 1.807) is 0 Å². The Morgan fingerprint density at radius 1 is 1.14 bits per heavy atom. The number of nitrogens with one attached hydrogen (secondary N) is 2. The number of anilines is 2. The molecule has 0 unspecified atom stereocenters. The Hall–Kier alpha value is -1.53. The van der Waals surface area contributed by atoms with Gasteiger partial charge in [0.2, 0.25) is 5.82 Å². The van der Waals surface area contributed by atoms with Gasteiger partial charge in [0.25, 0.3) is 0 Å². The van der Waals surface area contributed by atoms with Crippen LogP contribution in [0.3, 0.4) is 0 Å². The third-order valence-corrected chi connectivity index (χ3v) is 3.67. The number of aromatic nitrogens is 2. The fourth-order valence-corrected chi connectivity index (χ4v) is 2.64. The number of nitrogens with zero attached hydrogens (tertiary/aromatic N) is 2. The van der Waals surface area contributed by atoms with Crippen molar-refractivity contribution in [2.24, 2.45) is 5.92 Å². The Morgan fingerprint density at radius 3 is 2.33 bits per heavy atom. The maximum absolute atomic E-state index is 12.8. The summed E-state index contributed by atoms with van der Waals surface area (Å²) in [4.78, 5) is 7.06.